The number of hydrogen-bond donors (Lipinski definition) is 2. The monoisotopic (exact) mass is 575 g/mol. The third-order valence-corrected chi connectivity index (χ3v) is 7.85. The molecule has 0 bridgehead atoms. The van der Waals surface area contributed by atoms with E-state index in [0.29, 0.717) is 48.2 Å². The first-order valence-corrected chi connectivity index (χ1v) is 13.8. The Balaban J connectivity index is 1.47. The van der Waals surface area contributed by atoms with Gasteiger partial charge in [0, 0.05) is 73.7 Å². The quantitative estimate of drug-likeness (QED) is 0.345. The van der Waals surface area contributed by atoms with Crippen LogP contribution in [-0.2, 0) is 24.9 Å². The second-order valence-corrected chi connectivity index (χ2v) is 11.3. The molecule has 2 aliphatic rings. The van der Waals surface area contributed by atoms with E-state index in [2.05, 4.69) is 22.3 Å². The van der Waals surface area contributed by atoms with Gasteiger partial charge in [-0.15, -0.1) is 0 Å². The normalized spacial score (nSPS) is 15.6. The van der Waals surface area contributed by atoms with Crippen LogP contribution in [0.1, 0.15) is 22.8 Å². The number of fused-ring (bicyclic) bond motifs is 1. The Hall–Kier alpha value is -4.22. The van der Waals surface area contributed by atoms with Crippen molar-refractivity contribution in [1.29, 1.82) is 0 Å². The fourth-order valence-electron chi connectivity index (χ4n) is 5.38. The molecule has 0 saturated carbocycles. The molecule has 41 heavy (non-hydrogen) atoms. The highest BCUT2D eigenvalue weighted by Gasteiger charge is 2.32. The van der Waals surface area contributed by atoms with E-state index in [1.807, 2.05) is 18.1 Å². The summed E-state index contributed by atoms with van der Waals surface area (Å²) in [6.45, 7) is 4.04. The zero-order valence-corrected chi connectivity index (χ0v) is 23.5. The Labute approximate surface area is 241 Å². The van der Waals surface area contributed by atoms with Gasteiger partial charge in [0.05, 0.1) is 18.0 Å². The number of carbonyl (C=O) groups is 2. The summed E-state index contributed by atoms with van der Waals surface area (Å²) in [7, 11) is 1.81. The van der Waals surface area contributed by atoms with Crippen molar-refractivity contribution in [3.05, 3.63) is 75.4 Å². The SMILES string of the molecule is CC1CN(C(=O)Cn2c(=O)c(C(=O)NCc3ccc(Cl)cc3)cc3c(N4CC(O)C4)c(-c4cnn(C)c4)cnc32)C1. The molecule has 0 radical (unpaired) electrons. The molecule has 4 aromatic rings. The number of aryl methyl sites for hydroxylation is 1. The molecule has 2 fully saturated rings. The number of aliphatic hydroxyl groups is 1. The molecule has 6 rings (SSSR count). The lowest BCUT2D eigenvalue weighted by Gasteiger charge is -2.39. The number of rotatable bonds is 7. The van der Waals surface area contributed by atoms with Gasteiger partial charge in [-0.05, 0) is 29.7 Å². The third kappa shape index (κ3) is 5.18. The summed E-state index contributed by atoms with van der Waals surface area (Å²) in [4.78, 5) is 48.7. The van der Waals surface area contributed by atoms with E-state index in [9.17, 15) is 19.5 Å². The number of amides is 2. The molecule has 2 N–H and O–H groups in total. The summed E-state index contributed by atoms with van der Waals surface area (Å²) in [6, 6.07) is 8.60. The van der Waals surface area contributed by atoms with Crippen LogP contribution in [0.5, 0.6) is 0 Å². The van der Waals surface area contributed by atoms with Crippen LogP contribution < -0.4 is 15.8 Å². The smallest absolute Gasteiger partial charge is 0.265 e. The van der Waals surface area contributed by atoms with Gasteiger partial charge in [0.25, 0.3) is 11.5 Å². The van der Waals surface area contributed by atoms with Gasteiger partial charge in [-0.3, -0.25) is 23.6 Å². The Morgan fingerprint density at radius 1 is 1.12 bits per heavy atom. The summed E-state index contributed by atoms with van der Waals surface area (Å²) in [6.07, 6.45) is 4.73. The number of aliphatic hydroxyl groups excluding tert-OH is 1. The maximum absolute atomic E-state index is 13.8. The van der Waals surface area contributed by atoms with Gasteiger partial charge in [0.15, 0.2) is 0 Å². The number of likely N-dealkylation sites (tertiary alicyclic amines) is 1. The summed E-state index contributed by atoms with van der Waals surface area (Å²) < 4.78 is 2.97. The standard InChI is InChI=1S/C29H30ClN7O4/c1-17-11-35(12-17)25(39)16-37-27-22(7-23(29(37)41)28(40)32-8-18-3-5-20(30)6-4-18)26(36-14-21(38)15-36)24(10-31-27)19-9-33-34(2)13-19/h3-7,9-10,13,17,21,38H,8,11-12,14-16H2,1-2H3,(H,32,40). The van der Waals surface area contributed by atoms with Crippen molar-refractivity contribution in [2.24, 2.45) is 13.0 Å². The van der Waals surface area contributed by atoms with Crippen LogP contribution in [0.25, 0.3) is 22.2 Å². The molecular formula is C29H30ClN7O4. The van der Waals surface area contributed by atoms with E-state index < -0.39 is 17.6 Å². The molecule has 2 amide bonds. The molecule has 0 unspecified atom stereocenters. The maximum Gasteiger partial charge on any atom is 0.265 e. The van der Waals surface area contributed by atoms with Crippen LogP contribution in [0.15, 0.2) is 53.7 Å². The largest absolute Gasteiger partial charge is 0.389 e. The minimum Gasteiger partial charge on any atom is -0.389 e. The molecule has 2 aliphatic heterocycles. The van der Waals surface area contributed by atoms with Gasteiger partial charge < -0.3 is 20.2 Å². The molecule has 212 valence electrons. The molecule has 0 atom stereocenters. The fraction of sp³-hybridized carbons (Fsp3) is 0.345. The number of aromatic nitrogens is 4. The maximum atomic E-state index is 13.8. The van der Waals surface area contributed by atoms with Crippen LogP contribution in [-0.4, -0.2) is 73.4 Å². The van der Waals surface area contributed by atoms with E-state index in [-0.39, 0.29) is 24.6 Å². The summed E-state index contributed by atoms with van der Waals surface area (Å²) >= 11 is 5.98. The third-order valence-electron chi connectivity index (χ3n) is 7.60. The number of halogens is 1. The van der Waals surface area contributed by atoms with E-state index in [4.69, 9.17) is 11.6 Å². The molecule has 1 aromatic carbocycles. The highest BCUT2D eigenvalue weighted by Crippen LogP contribution is 2.38. The Morgan fingerprint density at radius 3 is 2.49 bits per heavy atom. The zero-order valence-electron chi connectivity index (χ0n) is 22.7. The Morgan fingerprint density at radius 2 is 1.85 bits per heavy atom. The number of pyridine rings is 2. The van der Waals surface area contributed by atoms with Gasteiger partial charge >= 0.3 is 0 Å². The van der Waals surface area contributed by atoms with Gasteiger partial charge in [0.1, 0.15) is 17.8 Å². The lowest BCUT2D eigenvalue weighted by atomic mass is 10.0. The van der Waals surface area contributed by atoms with E-state index >= 15 is 0 Å². The lowest BCUT2D eigenvalue weighted by Crippen LogP contribution is -2.51. The number of β-amino-alcohol motifs (C(OH)–C–C–N with tert-alkyl or cyclic N) is 1. The van der Waals surface area contributed by atoms with Crippen LogP contribution in [0.3, 0.4) is 0 Å². The van der Waals surface area contributed by atoms with Gasteiger partial charge in [-0.2, -0.15) is 5.10 Å². The van der Waals surface area contributed by atoms with Crippen LogP contribution in [0, 0.1) is 5.92 Å². The zero-order chi connectivity index (χ0) is 28.8. The second kappa shape index (κ2) is 10.6. The Bertz CT molecular complexity index is 1700. The predicted molar refractivity (Wildman–Crippen MR) is 155 cm³/mol. The first kappa shape index (κ1) is 27.0. The number of nitrogens with one attached hydrogen (secondary N) is 1. The minimum absolute atomic E-state index is 0.0938. The summed E-state index contributed by atoms with van der Waals surface area (Å²) in [5.74, 6) is -0.363. The Kier molecular flexibility index (Phi) is 7.00. The molecule has 12 heteroatoms. The number of benzene rings is 1. The second-order valence-electron chi connectivity index (χ2n) is 10.9. The highest BCUT2D eigenvalue weighted by atomic mass is 35.5. The minimum atomic E-state index is -0.593. The molecule has 11 nitrogen and oxygen atoms in total. The number of hydrogen-bond acceptors (Lipinski definition) is 7. The summed E-state index contributed by atoms with van der Waals surface area (Å²) in [5, 5.41) is 18.4. The van der Waals surface area contributed by atoms with Crippen molar-refractivity contribution in [2.75, 3.05) is 31.1 Å². The van der Waals surface area contributed by atoms with Gasteiger partial charge in [0.2, 0.25) is 5.91 Å². The molecule has 0 spiro atoms. The molecule has 0 aliphatic carbocycles. The van der Waals surface area contributed by atoms with Crippen LogP contribution in [0.2, 0.25) is 5.02 Å². The van der Waals surface area contributed by atoms with Gasteiger partial charge in [-0.1, -0.05) is 30.7 Å². The van der Waals surface area contributed by atoms with Gasteiger partial charge in [-0.25, -0.2) is 4.98 Å². The molecule has 3 aromatic heterocycles. The summed E-state index contributed by atoms with van der Waals surface area (Å²) in [5.41, 5.74) is 2.71. The average molecular weight is 576 g/mol. The van der Waals surface area contributed by atoms with Crippen molar-refractivity contribution in [3.63, 3.8) is 0 Å². The van der Waals surface area contributed by atoms with E-state index in [1.54, 1.807) is 52.3 Å². The van der Waals surface area contributed by atoms with E-state index in [1.165, 1.54) is 4.57 Å². The van der Waals surface area contributed by atoms with Crippen molar-refractivity contribution < 1.29 is 14.7 Å². The first-order chi connectivity index (χ1) is 19.7. The fourth-order valence-corrected chi connectivity index (χ4v) is 5.51. The van der Waals surface area contributed by atoms with Crippen molar-refractivity contribution in [3.8, 4) is 11.1 Å². The van der Waals surface area contributed by atoms with Crippen LogP contribution >= 0.6 is 11.6 Å². The number of anilines is 1. The van der Waals surface area contributed by atoms with E-state index in [0.717, 1.165) is 22.4 Å². The first-order valence-electron chi connectivity index (χ1n) is 13.5. The van der Waals surface area contributed by atoms with Crippen LogP contribution in [0.4, 0.5) is 5.69 Å². The predicted octanol–water partition coefficient (Wildman–Crippen LogP) is 2.04. The number of carbonyl (C=O) groups excluding carboxylic acids is 2. The highest BCUT2D eigenvalue weighted by molar-refractivity contribution is 6.30. The number of nitrogens with zero attached hydrogens (tertiary/aromatic N) is 6. The average Bonchev–Trinajstić information content (AvgIpc) is 3.35. The topological polar surface area (TPSA) is 126 Å². The molecule has 5 heterocycles. The van der Waals surface area contributed by atoms with Crippen molar-refractivity contribution >= 4 is 40.1 Å². The lowest BCUT2D eigenvalue weighted by molar-refractivity contribution is -0.137. The van der Waals surface area contributed by atoms with Crippen molar-refractivity contribution in [1.82, 2.24) is 29.5 Å². The molecule has 2 saturated heterocycles. The van der Waals surface area contributed by atoms with Crippen molar-refractivity contribution in [2.45, 2.75) is 26.1 Å². The molecular weight excluding hydrogens is 546 g/mol.